The van der Waals surface area contributed by atoms with E-state index in [0.29, 0.717) is 13.0 Å². The van der Waals surface area contributed by atoms with Crippen molar-refractivity contribution >= 4 is 12.3 Å². The lowest BCUT2D eigenvalue weighted by Crippen LogP contribution is -2.07. The molecule has 3 nitrogen and oxygen atoms in total. The van der Waals surface area contributed by atoms with Crippen LogP contribution in [0.15, 0.2) is 30.3 Å². The lowest BCUT2D eigenvalue weighted by molar-refractivity contribution is -0.143. The Bertz CT molecular complexity index is 373. The normalized spacial score (nSPS) is 11.8. The van der Waals surface area contributed by atoms with Crippen molar-refractivity contribution < 1.29 is 14.3 Å². The van der Waals surface area contributed by atoms with Crippen LogP contribution in [0.1, 0.15) is 38.2 Å². The Hall–Kier alpha value is -1.64. The van der Waals surface area contributed by atoms with Crippen LogP contribution in [-0.2, 0) is 20.7 Å². The zero-order chi connectivity index (χ0) is 13.9. The quantitative estimate of drug-likeness (QED) is 0.507. The molecule has 0 amide bonds. The number of carbonyl (C=O) groups is 2. The Balaban J connectivity index is 2.22. The van der Waals surface area contributed by atoms with Crippen LogP contribution >= 0.6 is 0 Å². The molecule has 0 aliphatic heterocycles. The zero-order valence-corrected chi connectivity index (χ0v) is 11.5. The standard InChI is InChI=1S/C16H22O3/c1-2-19-16(18)10-6-9-15(13-17)12-11-14-7-4-3-5-8-14/h3-5,7-8,13,15H,2,6,9-12H2,1H3/t15-/m1/s1. The van der Waals surface area contributed by atoms with Gasteiger partial charge in [0.25, 0.3) is 0 Å². The molecule has 0 spiro atoms. The number of aryl methyl sites for hydroxylation is 1. The van der Waals surface area contributed by atoms with Crippen LogP contribution in [0.4, 0.5) is 0 Å². The van der Waals surface area contributed by atoms with Crippen LogP contribution in [0, 0.1) is 5.92 Å². The zero-order valence-electron chi connectivity index (χ0n) is 11.5. The number of carbonyl (C=O) groups excluding carboxylic acids is 2. The second-order valence-electron chi connectivity index (χ2n) is 4.62. The maximum atomic E-state index is 11.2. The second kappa shape index (κ2) is 9.31. The Kier molecular flexibility index (Phi) is 7.56. The number of rotatable bonds is 9. The summed E-state index contributed by atoms with van der Waals surface area (Å²) in [4.78, 5) is 22.2. The summed E-state index contributed by atoms with van der Waals surface area (Å²) in [5, 5.41) is 0. The van der Waals surface area contributed by atoms with Crippen molar-refractivity contribution in [2.75, 3.05) is 6.61 Å². The number of hydrogen-bond acceptors (Lipinski definition) is 3. The van der Waals surface area contributed by atoms with Gasteiger partial charge in [0.2, 0.25) is 0 Å². The Morgan fingerprint density at radius 1 is 1.26 bits per heavy atom. The predicted molar refractivity (Wildman–Crippen MR) is 74.8 cm³/mol. The van der Waals surface area contributed by atoms with E-state index in [1.807, 2.05) is 18.2 Å². The third-order valence-corrected chi connectivity index (χ3v) is 3.10. The first kappa shape index (κ1) is 15.4. The second-order valence-corrected chi connectivity index (χ2v) is 4.62. The van der Waals surface area contributed by atoms with Gasteiger partial charge in [0.15, 0.2) is 0 Å². The molecule has 1 aromatic carbocycles. The maximum Gasteiger partial charge on any atom is 0.305 e. The molecule has 0 aromatic heterocycles. The van der Waals surface area contributed by atoms with Gasteiger partial charge in [-0.2, -0.15) is 0 Å². The first-order valence-electron chi connectivity index (χ1n) is 6.91. The van der Waals surface area contributed by atoms with Gasteiger partial charge in [-0.05, 0) is 38.2 Å². The van der Waals surface area contributed by atoms with Crippen molar-refractivity contribution in [2.45, 2.75) is 39.0 Å². The van der Waals surface area contributed by atoms with Crippen LogP contribution < -0.4 is 0 Å². The van der Waals surface area contributed by atoms with Crippen molar-refractivity contribution in [3.05, 3.63) is 35.9 Å². The molecule has 1 rings (SSSR count). The summed E-state index contributed by atoms with van der Waals surface area (Å²) in [6.07, 6.45) is 4.64. The minimum Gasteiger partial charge on any atom is -0.466 e. The van der Waals surface area contributed by atoms with Crippen molar-refractivity contribution in [3.63, 3.8) is 0 Å². The van der Waals surface area contributed by atoms with E-state index in [1.54, 1.807) is 6.92 Å². The highest BCUT2D eigenvalue weighted by molar-refractivity contribution is 5.69. The summed E-state index contributed by atoms with van der Waals surface area (Å²) in [6.45, 7) is 2.22. The number of ether oxygens (including phenoxy) is 1. The smallest absolute Gasteiger partial charge is 0.305 e. The van der Waals surface area contributed by atoms with Crippen LogP contribution in [0.25, 0.3) is 0 Å². The van der Waals surface area contributed by atoms with Gasteiger partial charge in [-0.25, -0.2) is 0 Å². The predicted octanol–water partition coefficient (Wildman–Crippen LogP) is 3.17. The highest BCUT2D eigenvalue weighted by Gasteiger charge is 2.09. The molecule has 19 heavy (non-hydrogen) atoms. The van der Waals surface area contributed by atoms with E-state index in [2.05, 4.69) is 12.1 Å². The van der Waals surface area contributed by atoms with E-state index in [9.17, 15) is 9.59 Å². The fourth-order valence-electron chi connectivity index (χ4n) is 2.02. The SMILES string of the molecule is CCOC(=O)CCC[C@@H](C=O)CCc1ccccc1. The van der Waals surface area contributed by atoms with E-state index < -0.39 is 0 Å². The fraction of sp³-hybridized carbons (Fsp3) is 0.500. The van der Waals surface area contributed by atoms with Crippen molar-refractivity contribution in [3.8, 4) is 0 Å². The molecule has 0 saturated carbocycles. The number of benzene rings is 1. The average Bonchev–Trinajstić information content (AvgIpc) is 2.44. The minimum absolute atomic E-state index is 0.0367. The first-order chi connectivity index (χ1) is 9.26. The average molecular weight is 262 g/mol. The van der Waals surface area contributed by atoms with E-state index in [0.717, 1.165) is 32.0 Å². The minimum atomic E-state index is -0.171. The van der Waals surface area contributed by atoms with Gasteiger partial charge in [-0.15, -0.1) is 0 Å². The Morgan fingerprint density at radius 2 is 2.00 bits per heavy atom. The summed E-state index contributed by atoms with van der Waals surface area (Å²) in [6, 6.07) is 10.1. The molecule has 0 aliphatic carbocycles. The molecule has 0 bridgehead atoms. The molecule has 0 saturated heterocycles. The van der Waals surface area contributed by atoms with Gasteiger partial charge in [-0.3, -0.25) is 4.79 Å². The Morgan fingerprint density at radius 3 is 2.63 bits per heavy atom. The van der Waals surface area contributed by atoms with E-state index in [-0.39, 0.29) is 11.9 Å². The van der Waals surface area contributed by atoms with Gasteiger partial charge in [0.1, 0.15) is 6.29 Å². The summed E-state index contributed by atoms with van der Waals surface area (Å²) >= 11 is 0. The van der Waals surface area contributed by atoms with E-state index >= 15 is 0 Å². The summed E-state index contributed by atoms with van der Waals surface area (Å²) < 4.78 is 4.86. The van der Waals surface area contributed by atoms with Gasteiger partial charge in [0, 0.05) is 12.3 Å². The van der Waals surface area contributed by atoms with Crippen molar-refractivity contribution in [1.82, 2.24) is 0 Å². The molecule has 0 unspecified atom stereocenters. The molecule has 0 radical (unpaired) electrons. The van der Waals surface area contributed by atoms with Crippen LogP contribution in [0.2, 0.25) is 0 Å². The molecule has 1 aromatic rings. The fourth-order valence-corrected chi connectivity index (χ4v) is 2.02. The summed E-state index contributed by atoms with van der Waals surface area (Å²) in [7, 11) is 0. The van der Waals surface area contributed by atoms with Crippen LogP contribution in [-0.4, -0.2) is 18.9 Å². The lowest BCUT2D eigenvalue weighted by Gasteiger charge is -2.09. The highest BCUT2D eigenvalue weighted by Crippen LogP contribution is 2.14. The maximum absolute atomic E-state index is 11.2. The number of aldehydes is 1. The largest absolute Gasteiger partial charge is 0.466 e. The van der Waals surface area contributed by atoms with Gasteiger partial charge >= 0.3 is 5.97 Å². The molecule has 0 aliphatic rings. The molecular weight excluding hydrogens is 240 g/mol. The van der Waals surface area contributed by atoms with E-state index in [4.69, 9.17) is 4.74 Å². The van der Waals surface area contributed by atoms with Crippen LogP contribution in [0.3, 0.4) is 0 Å². The van der Waals surface area contributed by atoms with Gasteiger partial charge in [-0.1, -0.05) is 30.3 Å². The topological polar surface area (TPSA) is 43.4 Å². The molecule has 0 heterocycles. The summed E-state index contributed by atoms with van der Waals surface area (Å²) in [5.74, 6) is -0.134. The molecule has 0 N–H and O–H groups in total. The monoisotopic (exact) mass is 262 g/mol. The molecular formula is C16H22O3. The van der Waals surface area contributed by atoms with Crippen molar-refractivity contribution in [2.24, 2.45) is 5.92 Å². The molecule has 104 valence electrons. The lowest BCUT2D eigenvalue weighted by atomic mass is 9.96. The third kappa shape index (κ3) is 6.75. The number of hydrogen-bond donors (Lipinski definition) is 0. The molecule has 1 atom stereocenters. The molecule has 0 fully saturated rings. The Labute approximate surface area is 115 Å². The first-order valence-corrected chi connectivity index (χ1v) is 6.91. The van der Waals surface area contributed by atoms with Gasteiger partial charge < -0.3 is 9.53 Å². The number of esters is 1. The molecule has 3 heteroatoms. The van der Waals surface area contributed by atoms with Crippen LogP contribution in [0.5, 0.6) is 0 Å². The summed E-state index contributed by atoms with van der Waals surface area (Å²) in [5.41, 5.74) is 1.25. The van der Waals surface area contributed by atoms with E-state index in [1.165, 1.54) is 5.56 Å². The highest BCUT2D eigenvalue weighted by atomic mass is 16.5. The van der Waals surface area contributed by atoms with Gasteiger partial charge in [0.05, 0.1) is 6.61 Å². The third-order valence-electron chi connectivity index (χ3n) is 3.10. The van der Waals surface area contributed by atoms with Crippen molar-refractivity contribution in [1.29, 1.82) is 0 Å².